The number of alkyl carbamates (subject to hydrolysis) is 1. The second-order valence-corrected chi connectivity index (χ2v) is 8.91. The van der Waals surface area contributed by atoms with Crippen molar-refractivity contribution in [3.05, 3.63) is 89.2 Å². The Kier molecular flexibility index (Phi) is 5.72. The highest BCUT2D eigenvalue weighted by atomic mass is 19.1. The van der Waals surface area contributed by atoms with Gasteiger partial charge in [-0.15, -0.1) is 0 Å². The number of carboxylic acid groups (broad SMARTS) is 1. The lowest BCUT2D eigenvalue weighted by molar-refractivity contribution is -0.120. The van der Waals surface area contributed by atoms with Crippen LogP contribution in [-0.4, -0.2) is 36.2 Å². The number of carboxylic acids is 1. The fraction of sp³-hybridized carbons (Fsp3) is 0.222. The van der Waals surface area contributed by atoms with E-state index < -0.39 is 28.9 Å². The first-order valence-corrected chi connectivity index (χ1v) is 11.3. The highest BCUT2D eigenvalue weighted by Gasteiger charge is 2.50. The van der Waals surface area contributed by atoms with Gasteiger partial charge in [0.15, 0.2) is 0 Å². The number of hydrogen-bond acceptors (Lipinski definition) is 4. The van der Waals surface area contributed by atoms with Crippen molar-refractivity contribution < 1.29 is 28.6 Å². The van der Waals surface area contributed by atoms with Gasteiger partial charge in [-0.05, 0) is 53.3 Å². The number of anilines is 1. The number of fused-ring (bicyclic) bond motifs is 3. The Morgan fingerprint density at radius 1 is 0.971 bits per heavy atom. The molecule has 0 bridgehead atoms. The molecule has 0 aromatic heterocycles. The van der Waals surface area contributed by atoms with Gasteiger partial charge in [0.05, 0.1) is 11.0 Å². The summed E-state index contributed by atoms with van der Waals surface area (Å²) in [5.74, 6) is -2.72. The zero-order valence-electron chi connectivity index (χ0n) is 18.7. The van der Waals surface area contributed by atoms with Crippen LogP contribution in [0.2, 0.25) is 0 Å². The highest BCUT2D eigenvalue weighted by molar-refractivity contribution is 5.99. The van der Waals surface area contributed by atoms with E-state index in [1.807, 2.05) is 36.4 Å². The highest BCUT2D eigenvalue weighted by Crippen LogP contribution is 2.46. The molecule has 1 fully saturated rings. The summed E-state index contributed by atoms with van der Waals surface area (Å²) < 4.78 is 19.1. The van der Waals surface area contributed by atoms with Gasteiger partial charge in [-0.1, -0.05) is 48.5 Å². The first-order chi connectivity index (χ1) is 16.9. The summed E-state index contributed by atoms with van der Waals surface area (Å²) in [7, 11) is 0. The minimum atomic E-state index is -1.42. The van der Waals surface area contributed by atoms with Crippen molar-refractivity contribution in [2.75, 3.05) is 18.5 Å². The lowest BCUT2D eigenvalue weighted by Gasteiger charge is -2.18. The Bertz CT molecular complexity index is 1290. The van der Waals surface area contributed by atoms with E-state index in [1.54, 1.807) is 0 Å². The third-order valence-electron chi connectivity index (χ3n) is 6.70. The maximum Gasteiger partial charge on any atom is 0.407 e. The molecule has 0 atom stereocenters. The van der Waals surface area contributed by atoms with Gasteiger partial charge in [-0.2, -0.15) is 0 Å². The third-order valence-corrected chi connectivity index (χ3v) is 6.70. The van der Waals surface area contributed by atoms with Crippen molar-refractivity contribution in [3.63, 3.8) is 0 Å². The SMILES string of the molecule is O=C(NCC1(C(=O)Nc2ccc(F)c(C(=O)O)c2)CC1)OCC1c2ccccc2-c2ccccc21. The summed E-state index contributed by atoms with van der Waals surface area (Å²) in [6.07, 6.45) is 0.520. The van der Waals surface area contributed by atoms with Gasteiger partial charge in [0.1, 0.15) is 12.4 Å². The molecule has 3 aromatic rings. The fourth-order valence-electron chi connectivity index (χ4n) is 4.56. The van der Waals surface area contributed by atoms with E-state index in [9.17, 15) is 18.8 Å². The molecule has 2 amide bonds. The average molecular weight is 474 g/mol. The number of hydrogen-bond donors (Lipinski definition) is 3. The Hall–Kier alpha value is -4.20. The van der Waals surface area contributed by atoms with Crippen LogP contribution in [0.1, 0.15) is 40.2 Å². The molecule has 0 radical (unpaired) electrons. The van der Waals surface area contributed by atoms with Crippen LogP contribution in [0.5, 0.6) is 0 Å². The van der Waals surface area contributed by atoms with Gasteiger partial charge < -0.3 is 20.5 Å². The van der Waals surface area contributed by atoms with Crippen molar-refractivity contribution in [1.82, 2.24) is 5.32 Å². The summed E-state index contributed by atoms with van der Waals surface area (Å²) in [6.45, 7) is 0.259. The van der Waals surface area contributed by atoms with Gasteiger partial charge in [-0.3, -0.25) is 4.79 Å². The summed E-state index contributed by atoms with van der Waals surface area (Å²) in [4.78, 5) is 36.4. The predicted molar refractivity (Wildman–Crippen MR) is 127 cm³/mol. The molecule has 8 heteroatoms. The van der Waals surface area contributed by atoms with E-state index in [4.69, 9.17) is 9.84 Å². The minimum absolute atomic E-state index is 0.0618. The largest absolute Gasteiger partial charge is 0.478 e. The van der Waals surface area contributed by atoms with Crippen LogP contribution < -0.4 is 10.6 Å². The molecule has 3 aromatic carbocycles. The minimum Gasteiger partial charge on any atom is -0.478 e. The molecule has 0 heterocycles. The lowest BCUT2D eigenvalue weighted by Crippen LogP contribution is -2.37. The van der Waals surface area contributed by atoms with Crippen molar-refractivity contribution in [2.45, 2.75) is 18.8 Å². The second kappa shape index (κ2) is 8.87. The lowest BCUT2D eigenvalue weighted by atomic mass is 9.98. The van der Waals surface area contributed by atoms with Crippen LogP contribution >= 0.6 is 0 Å². The van der Waals surface area contributed by atoms with Gasteiger partial charge in [0, 0.05) is 18.2 Å². The molecule has 7 nitrogen and oxygen atoms in total. The van der Waals surface area contributed by atoms with Crippen LogP contribution in [-0.2, 0) is 9.53 Å². The number of rotatable bonds is 7. The predicted octanol–water partition coefficient (Wildman–Crippen LogP) is 4.78. The molecular formula is C27H23FN2O5. The summed E-state index contributed by atoms with van der Waals surface area (Å²) >= 11 is 0. The van der Waals surface area contributed by atoms with Gasteiger partial charge in [0.2, 0.25) is 5.91 Å². The van der Waals surface area contributed by atoms with Crippen LogP contribution in [0.4, 0.5) is 14.9 Å². The number of nitrogens with one attached hydrogen (secondary N) is 2. The Morgan fingerprint density at radius 2 is 1.60 bits per heavy atom. The fourth-order valence-corrected chi connectivity index (χ4v) is 4.56. The van der Waals surface area contributed by atoms with E-state index in [2.05, 4.69) is 22.8 Å². The number of carbonyl (C=O) groups excluding carboxylic acids is 2. The van der Waals surface area contributed by atoms with Crippen LogP contribution in [0.25, 0.3) is 11.1 Å². The third kappa shape index (κ3) is 4.35. The molecule has 2 aliphatic carbocycles. The van der Waals surface area contributed by atoms with E-state index >= 15 is 0 Å². The van der Waals surface area contributed by atoms with E-state index in [0.717, 1.165) is 34.4 Å². The number of benzene rings is 3. The second-order valence-electron chi connectivity index (χ2n) is 8.91. The zero-order chi connectivity index (χ0) is 24.6. The number of halogens is 1. The molecule has 3 N–H and O–H groups in total. The molecule has 0 unspecified atom stereocenters. The smallest absolute Gasteiger partial charge is 0.407 e. The van der Waals surface area contributed by atoms with E-state index in [0.29, 0.717) is 12.8 Å². The first kappa shape index (κ1) is 22.6. The van der Waals surface area contributed by atoms with Crippen LogP contribution in [0.3, 0.4) is 0 Å². The molecule has 178 valence electrons. The van der Waals surface area contributed by atoms with Gasteiger partial charge in [-0.25, -0.2) is 14.0 Å². The van der Waals surface area contributed by atoms with E-state index in [-0.39, 0.29) is 30.7 Å². The molecule has 35 heavy (non-hydrogen) atoms. The van der Waals surface area contributed by atoms with Crippen molar-refractivity contribution >= 4 is 23.7 Å². The number of amides is 2. The summed E-state index contributed by atoms with van der Waals surface area (Å²) in [6, 6.07) is 19.5. The van der Waals surface area contributed by atoms with E-state index in [1.165, 1.54) is 6.07 Å². The van der Waals surface area contributed by atoms with Crippen molar-refractivity contribution in [3.8, 4) is 11.1 Å². The Balaban J connectivity index is 1.18. The summed E-state index contributed by atoms with van der Waals surface area (Å²) in [5.41, 5.74) is 3.35. The standard InChI is InChI=1S/C27H23FN2O5/c28-23-10-9-16(13-21(23)24(31)32)30-25(33)27(11-12-27)15-29-26(34)35-14-22-19-7-3-1-5-17(19)18-6-2-4-8-20(18)22/h1-10,13,22H,11-12,14-15H2,(H,29,34)(H,30,33)(H,31,32). The molecule has 0 aliphatic heterocycles. The molecular weight excluding hydrogens is 451 g/mol. The first-order valence-electron chi connectivity index (χ1n) is 11.3. The number of carbonyl (C=O) groups is 3. The normalized spacial score (nSPS) is 15.0. The monoisotopic (exact) mass is 474 g/mol. The van der Waals surface area contributed by atoms with Crippen molar-refractivity contribution in [1.29, 1.82) is 0 Å². The zero-order valence-corrected chi connectivity index (χ0v) is 18.7. The van der Waals surface area contributed by atoms with Crippen LogP contribution in [0.15, 0.2) is 66.7 Å². The number of aromatic carboxylic acids is 1. The van der Waals surface area contributed by atoms with Gasteiger partial charge >= 0.3 is 12.1 Å². The maximum absolute atomic E-state index is 13.6. The summed E-state index contributed by atoms with van der Waals surface area (Å²) in [5, 5.41) is 14.4. The molecule has 2 aliphatic rings. The van der Waals surface area contributed by atoms with Crippen LogP contribution in [0, 0.1) is 11.2 Å². The van der Waals surface area contributed by atoms with Crippen molar-refractivity contribution in [2.24, 2.45) is 5.41 Å². The molecule has 5 rings (SSSR count). The molecule has 0 saturated heterocycles. The topological polar surface area (TPSA) is 105 Å². The Morgan fingerprint density at radius 3 is 2.20 bits per heavy atom. The molecule has 1 saturated carbocycles. The van der Waals surface area contributed by atoms with Gasteiger partial charge in [0.25, 0.3) is 0 Å². The molecule has 0 spiro atoms. The quantitative estimate of drug-likeness (QED) is 0.457. The average Bonchev–Trinajstić information content (AvgIpc) is 3.59. The Labute approximate surface area is 200 Å². The number of ether oxygens (including phenoxy) is 1. The maximum atomic E-state index is 13.6.